The van der Waals surface area contributed by atoms with E-state index in [0.29, 0.717) is 21.3 Å². The van der Waals surface area contributed by atoms with Gasteiger partial charge >= 0.3 is 4.87 Å². The first-order chi connectivity index (χ1) is 21.3. The van der Waals surface area contributed by atoms with E-state index in [1.165, 1.54) is 33.7 Å². The second-order valence-corrected chi connectivity index (χ2v) is 15.4. The number of primary sulfonamides is 1. The number of nitrogens with zero attached hydrogens (tertiary/aromatic N) is 3. The number of benzene rings is 3. The molecule has 0 radical (unpaired) electrons. The molecular weight excluding hydrogens is 702 g/mol. The number of rotatable bonds is 7. The number of sulfonamides is 1. The molecule has 3 heterocycles. The van der Waals surface area contributed by atoms with E-state index in [4.69, 9.17) is 5.14 Å². The minimum Gasteiger partial charge on any atom is -0.378 e. The number of anilines is 3. The van der Waals surface area contributed by atoms with Crippen molar-refractivity contribution in [3.63, 3.8) is 0 Å². The maximum Gasteiger partial charge on any atom is 0.308 e. The Labute approximate surface area is 275 Å². The molecule has 1 aromatic heterocycles. The fourth-order valence-corrected chi connectivity index (χ4v) is 9.06. The summed E-state index contributed by atoms with van der Waals surface area (Å²) in [6, 6.07) is 19.9. The second kappa shape index (κ2) is 11.9. The number of imide groups is 1. The SMILES string of the molecule is CN(C)c1ccc([C@H]2c3sc(=O)n(CC(=O)Nc4ccc(S(N)(=O)=O)cc4)c3SC3C(=O)N(c4ccc(Br)cc4)C(=O)C32)cc1. The average molecular weight is 729 g/mol. The summed E-state index contributed by atoms with van der Waals surface area (Å²) in [5.41, 5.74) is 2.51. The highest BCUT2D eigenvalue weighted by Gasteiger charge is 2.56. The Morgan fingerprint density at radius 3 is 2.20 bits per heavy atom. The summed E-state index contributed by atoms with van der Waals surface area (Å²) in [5, 5.41) is 7.47. The van der Waals surface area contributed by atoms with Crippen molar-refractivity contribution in [1.82, 2.24) is 4.57 Å². The summed E-state index contributed by atoms with van der Waals surface area (Å²) in [6.45, 7) is -0.350. The molecule has 3 N–H and O–H groups in total. The predicted octanol–water partition coefficient (Wildman–Crippen LogP) is 3.82. The molecule has 2 aliphatic heterocycles. The number of halogens is 1. The number of carbonyl (C=O) groups is 3. The van der Waals surface area contributed by atoms with Crippen molar-refractivity contribution < 1.29 is 22.8 Å². The van der Waals surface area contributed by atoms with Gasteiger partial charge in [0.05, 0.1) is 21.5 Å². The van der Waals surface area contributed by atoms with Crippen molar-refractivity contribution in [3.8, 4) is 0 Å². The highest BCUT2D eigenvalue weighted by Crippen LogP contribution is 2.54. The number of thioether (sulfide) groups is 1. The molecule has 6 rings (SSSR count). The number of aromatic nitrogens is 1. The summed E-state index contributed by atoms with van der Waals surface area (Å²) in [6.07, 6.45) is 0. The summed E-state index contributed by atoms with van der Waals surface area (Å²) in [4.78, 5) is 57.7. The van der Waals surface area contributed by atoms with Crippen LogP contribution in [0, 0.1) is 5.92 Å². The average Bonchev–Trinajstić information content (AvgIpc) is 3.43. The van der Waals surface area contributed by atoms with Crippen molar-refractivity contribution in [1.29, 1.82) is 0 Å². The minimum absolute atomic E-state index is 0.104. The van der Waals surface area contributed by atoms with Gasteiger partial charge in [0.15, 0.2) is 0 Å². The second-order valence-electron chi connectivity index (χ2n) is 10.8. The first kappa shape index (κ1) is 31.2. The molecule has 11 nitrogen and oxygen atoms in total. The highest BCUT2D eigenvalue weighted by molar-refractivity contribution is 9.10. The predicted molar refractivity (Wildman–Crippen MR) is 177 cm³/mol. The van der Waals surface area contributed by atoms with Crippen molar-refractivity contribution in [2.75, 3.05) is 29.2 Å². The van der Waals surface area contributed by atoms with E-state index in [0.717, 1.165) is 38.8 Å². The van der Waals surface area contributed by atoms with Gasteiger partial charge in [0, 0.05) is 40.7 Å². The van der Waals surface area contributed by atoms with Gasteiger partial charge in [-0.2, -0.15) is 0 Å². The number of hydrogen-bond donors (Lipinski definition) is 2. The summed E-state index contributed by atoms with van der Waals surface area (Å²) < 4.78 is 25.3. The molecule has 1 fully saturated rings. The summed E-state index contributed by atoms with van der Waals surface area (Å²) in [5.74, 6) is -2.61. The van der Waals surface area contributed by atoms with Gasteiger partial charge in [-0.1, -0.05) is 51.2 Å². The Balaban J connectivity index is 1.37. The van der Waals surface area contributed by atoms with Crippen LogP contribution in [0.5, 0.6) is 0 Å². The Hall–Kier alpha value is -3.76. The van der Waals surface area contributed by atoms with Crippen molar-refractivity contribution in [2.45, 2.75) is 27.6 Å². The van der Waals surface area contributed by atoms with Crippen molar-refractivity contribution in [3.05, 3.63) is 97.4 Å². The quantitative estimate of drug-likeness (QED) is 0.273. The van der Waals surface area contributed by atoms with E-state index in [9.17, 15) is 27.6 Å². The lowest BCUT2D eigenvalue weighted by Crippen LogP contribution is -2.33. The molecule has 2 aliphatic rings. The van der Waals surface area contributed by atoms with Gasteiger partial charge in [-0.3, -0.25) is 23.7 Å². The molecule has 1 saturated heterocycles. The van der Waals surface area contributed by atoms with Crippen LogP contribution in [0.2, 0.25) is 0 Å². The Kier molecular flexibility index (Phi) is 8.24. The molecule has 15 heteroatoms. The molecule has 3 amide bonds. The molecule has 4 aromatic rings. The number of fused-ring (bicyclic) bond motifs is 2. The van der Waals surface area contributed by atoms with E-state index >= 15 is 0 Å². The molecular formula is C30H26BrN5O6S3. The monoisotopic (exact) mass is 727 g/mol. The van der Waals surface area contributed by atoms with Crippen LogP contribution < -0.4 is 25.1 Å². The molecule has 0 spiro atoms. The molecule has 3 aromatic carbocycles. The van der Waals surface area contributed by atoms with Crippen LogP contribution in [0.3, 0.4) is 0 Å². The number of carbonyl (C=O) groups excluding carboxylic acids is 3. The lowest BCUT2D eigenvalue weighted by Gasteiger charge is -2.31. The van der Waals surface area contributed by atoms with E-state index in [-0.39, 0.29) is 23.3 Å². The number of nitrogens with one attached hydrogen (secondary N) is 1. The molecule has 3 atom stereocenters. The zero-order valence-electron chi connectivity index (χ0n) is 23.8. The van der Waals surface area contributed by atoms with Gasteiger partial charge in [0.1, 0.15) is 11.8 Å². The van der Waals surface area contributed by atoms with Gasteiger partial charge in [-0.25, -0.2) is 18.5 Å². The number of thiazole rings is 1. The smallest absolute Gasteiger partial charge is 0.308 e. The van der Waals surface area contributed by atoms with E-state index < -0.39 is 37.9 Å². The minimum atomic E-state index is -3.90. The van der Waals surface area contributed by atoms with Crippen LogP contribution in [0.15, 0.2) is 92.0 Å². The van der Waals surface area contributed by atoms with E-state index in [1.807, 2.05) is 43.3 Å². The van der Waals surface area contributed by atoms with Crippen LogP contribution >= 0.6 is 39.0 Å². The van der Waals surface area contributed by atoms with Crippen LogP contribution in [-0.4, -0.2) is 50.1 Å². The zero-order chi connectivity index (χ0) is 32.2. The van der Waals surface area contributed by atoms with Crippen LogP contribution in [0.1, 0.15) is 16.4 Å². The topological polar surface area (TPSA) is 152 Å². The largest absolute Gasteiger partial charge is 0.378 e. The lowest BCUT2D eigenvalue weighted by atomic mass is 9.83. The first-order valence-electron chi connectivity index (χ1n) is 13.6. The molecule has 2 unspecified atom stereocenters. The summed E-state index contributed by atoms with van der Waals surface area (Å²) >= 11 is 5.49. The molecule has 232 valence electrons. The third-order valence-corrected chi connectivity index (χ3v) is 11.7. The van der Waals surface area contributed by atoms with E-state index in [1.54, 1.807) is 24.3 Å². The standard InChI is InChI=1S/C30H26BrN5O6S3/c1-34(2)19-9-3-16(4-10-19)23-24-25(28(39)36(27(24)38)20-11-5-17(31)6-12-20)43-29-26(23)44-30(40)35(29)15-22(37)33-18-7-13-21(14-8-18)45(32,41)42/h3-14,23-25H,15H2,1-2H3,(H,33,37)(H2,32,41,42)/t23-,24?,25?/m1/s1. The normalized spacial score (nSPS) is 19.3. The van der Waals surface area contributed by atoms with Crippen molar-refractivity contribution in [2.24, 2.45) is 11.1 Å². The number of amides is 3. The third kappa shape index (κ3) is 5.86. The molecule has 0 saturated carbocycles. The maximum atomic E-state index is 14.0. The highest BCUT2D eigenvalue weighted by atomic mass is 79.9. The summed E-state index contributed by atoms with van der Waals surface area (Å²) in [7, 11) is -0.0628. The third-order valence-electron chi connectivity index (χ3n) is 7.67. The van der Waals surface area contributed by atoms with Gasteiger partial charge < -0.3 is 10.2 Å². The molecule has 45 heavy (non-hydrogen) atoms. The van der Waals surface area contributed by atoms with Gasteiger partial charge in [0.25, 0.3) is 0 Å². The lowest BCUT2D eigenvalue weighted by molar-refractivity contribution is -0.122. The van der Waals surface area contributed by atoms with Gasteiger partial charge in [-0.05, 0) is 66.2 Å². The Morgan fingerprint density at radius 1 is 0.956 bits per heavy atom. The van der Waals surface area contributed by atoms with Crippen LogP contribution in [-0.2, 0) is 31.0 Å². The number of hydrogen-bond acceptors (Lipinski definition) is 9. The first-order valence-corrected chi connectivity index (χ1v) is 17.6. The van der Waals surface area contributed by atoms with E-state index in [2.05, 4.69) is 21.2 Å². The van der Waals surface area contributed by atoms with Crippen molar-refractivity contribution >= 4 is 83.8 Å². The fraction of sp³-hybridized carbons (Fsp3) is 0.200. The Morgan fingerprint density at radius 2 is 1.60 bits per heavy atom. The molecule has 0 aliphatic carbocycles. The maximum absolute atomic E-state index is 14.0. The fourth-order valence-electron chi connectivity index (χ4n) is 5.51. The molecule has 0 bridgehead atoms. The Bertz CT molecular complexity index is 1990. The van der Waals surface area contributed by atoms with Gasteiger partial charge in [0.2, 0.25) is 27.7 Å². The number of nitrogens with two attached hydrogens (primary N) is 1. The van der Waals surface area contributed by atoms with Crippen LogP contribution in [0.25, 0.3) is 0 Å². The zero-order valence-corrected chi connectivity index (χ0v) is 27.9. The van der Waals surface area contributed by atoms with Gasteiger partial charge in [-0.15, -0.1) is 0 Å². The van der Waals surface area contributed by atoms with Crippen LogP contribution in [0.4, 0.5) is 17.1 Å².